The third-order valence-electron chi connectivity index (χ3n) is 6.14. The largest absolute Gasteiger partial charge is 0.343 e. The summed E-state index contributed by atoms with van der Waals surface area (Å²) in [5.41, 5.74) is 0. The third-order valence-corrected chi connectivity index (χ3v) is 7.15. The minimum atomic E-state index is 0.00942. The normalized spacial score (nSPS) is 29.4. The number of rotatable bonds is 3. The molecular weight excluding hydrogens is 360 g/mol. The molecule has 3 rings (SSSR count). The number of hydrogen-bond donors (Lipinski definition) is 1. The van der Waals surface area contributed by atoms with Crippen molar-refractivity contribution in [2.24, 2.45) is 10.9 Å². The molecule has 3 aliphatic rings. The van der Waals surface area contributed by atoms with Crippen LogP contribution in [-0.2, 0) is 4.79 Å². The van der Waals surface area contributed by atoms with Crippen molar-refractivity contribution in [2.45, 2.75) is 83.1 Å². The summed E-state index contributed by atoms with van der Waals surface area (Å²) in [5.74, 6) is 0.979. The summed E-state index contributed by atoms with van der Waals surface area (Å²) in [4.78, 5) is 33.7. The molecule has 27 heavy (non-hydrogen) atoms. The molecule has 1 saturated carbocycles. The van der Waals surface area contributed by atoms with Gasteiger partial charge in [-0.3, -0.25) is 15.1 Å². The van der Waals surface area contributed by atoms with Crippen LogP contribution >= 0.6 is 11.8 Å². The van der Waals surface area contributed by atoms with E-state index >= 15 is 0 Å². The molecule has 1 saturated heterocycles. The van der Waals surface area contributed by atoms with Crippen molar-refractivity contribution in [3.8, 4) is 0 Å². The summed E-state index contributed by atoms with van der Waals surface area (Å²) in [7, 11) is 0. The molecule has 0 spiro atoms. The maximum absolute atomic E-state index is 13.2. The van der Waals surface area contributed by atoms with Crippen molar-refractivity contribution < 1.29 is 9.59 Å². The lowest BCUT2D eigenvalue weighted by Crippen LogP contribution is -2.56. The van der Waals surface area contributed by atoms with Gasteiger partial charge in [0.15, 0.2) is 5.17 Å². The molecule has 1 aliphatic carbocycles. The number of carbonyl (C=O) groups excluding carboxylic acids is 2. The Morgan fingerprint density at radius 2 is 1.74 bits per heavy atom. The van der Waals surface area contributed by atoms with Crippen molar-refractivity contribution in [3.05, 3.63) is 0 Å². The first-order valence-corrected chi connectivity index (χ1v) is 11.4. The third kappa shape index (κ3) is 5.18. The Balaban J connectivity index is 1.66. The van der Waals surface area contributed by atoms with Gasteiger partial charge in [0.25, 0.3) is 0 Å². The maximum atomic E-state index is 13.2. The van der Waals surface area contributed by atoms with Gasteiger partial charge in [-0.2, -0.15) is 0 Å². The molecule has 0 bridgehead atoms. The van der Waals surface area contributed by atoms with Crippen LogP contribution in [0.1, 0.15) is 65.7 Å². The lowest BCUT2D eigenvalue weighted by molar-refractivity contribution is -0.132. The van der Waals surface area contributed by atoms with Crippen molar-refractivity contribution >= 4 is 28.9 Å². The predicted molar refractivity (Wildman–Crippen MR) is 111 cm³/mol. The van der Waals surface area contributed by atoms with E-state index in [1.165, 1.54) is 12.8 Å². The Bertz CT molecular complexity index is 566. The number of piperidine rings is 1. The zero-order valence-corrected chi connectivity index (χ0v) is 17.8. The first kappa shape index (κ1) is 20.5. The molecule has 1 unspecified atom stereocenters. The Labute approximate surface area is 167 Å². The number of aliphatic imine (C=N–C) groups is 1. The first-order valence-electron chi connectivity index (χ1n) is 10.6. The zero-order valence-electron chi connectivity index (χ0n) is 16.9. The summed E-state index contributed by atoms with van der Waals surface area (Å²) in [6.45, 7) is 8.65. The van der Waals surface area contributed by atoms with E-state index in [-0.39, 0.29) is 18.0 Å². The fourth-order valence-corrected chi connectivity index (χ4v) is 5.29. The van der Waals surface area contributed by atoms with Crippen molar-refractivity contribution in [1.82, 2.24) is 15.1 Å². The second kappa shape index (κ2) is 9.30. The fraction of sp³-hybridized carbons (Fsp3) is 0.850. The summed E-state index contributed by atoms with van der Waals surface area (Å²) in [5, 5.41) is 4.28. The molecule has 0 radical (unpaired) electrons. The quantitative estimate of drug-likeness (QED) is 0.797. The van der Waals surface area contributed by atoms with Crippen molar-refractivity contribution in [1.29, 1.82) is 0 Å². The Hall–Kier alpha value is -1.24. The average molecular weight is 395 g/mol. The highest BCUT2D eigenvalue weighted by molar-refractivity contribution is 8.14. The maximum Gasteiger partial charge on any atom is 0.323 e. The van der Waals surface area contributed by atoms with E-state index in [9.17, 15) is 9.59 Å². The molecule has 0 aromatic heterocycles. The molecule has 2 aliphatic heterocycles. The lowest BCUT2D eigenvalue weighted by atomic mass is 9.85. The highest BCUT2D eigenvalue weighted by Crippen LogP contribution is 2.31. The number of urea groups is 1. The van der Waals surface area contributed by atoms with Crippen molar-refractivity contribution in [3.63, 3.8) is 0 Å². The summed E-state index contributed by atoms with van der Waals surface area (Å²) in [6.07, 6.45) is 6.85. The molecule has 6 nitrogen and oxygen atoms in total. The summed E-state index contributed by atoms with van der Waals surface area (Å²) in [6, 6.07) is 0.535. The predicted octanol–water partition coefficient (Wildman–Crippen LogP) is 3.47. The fourth-order valence-electron chi connectivity index (χ4n) is 4.47. The van der Waals surface area contributed by atoms with E-state index in [1.54, 1.807) is 11.8 Å². The van der Waals surface area contributed by atoms with E-state index in [4.69, 9.17) is 0 Å². The van der Waals surface area contributed by atoms with Gasteiger partial charge in [0.2, 0.25) is 5.91 Å². The molecule has 1 N–H and O–H groups in total. The monoisotopic (exact) mass is 394 g/mol. The van der Waals surface area contributed by atoms with Crippen LogP contribution in [0.15, 0.2) is 4.99 Å². The number of amidine groups is 1. The first-order chi connectivity index (χ1) is 13.0. The molecule has 2 heterocycles. The summed E-state index contributed by atoms with van der Waals surface area (Å²) >= 11 is 1.65. The van der Waals surface area contributed by atoms with Crippen LogP contribution in [0.25, 0.3) is 0 Å². The van der Waals surface area contributed by atoms with Crippen LogP contribution in [0.2, 0.25) is 0 Å². The number of carbonyl (C=O) groups is 2. The number of thioether (sulfide) groups is 1. The number of likely N-dealkylation sites (tertiary alicyclic amines) is 1. The van der Waals surface area contributed by atoms with E-state index in [2.05, 4.69) is 29.1 Å². The molecule has 1 atom stereocenters. The molecule has 0 aromatic rings. The Morgan fingerprint density at radius 1 is 1.11 bits per heavy atom. The number of hydrogen-bond acceptors (Lipinski definition) is 4. The van der Waals surface area contributed by atoms with Crippen LogP contribution in [0.5, 0.6) is 0 Å². The topological polar surface area (TPSA) is 65.0 Å². The van der Waals surface area contributed by atoms with Gasteiger partial charge in [-0.05, 0) is 44.4 Å². The van der Waals surface area contributed by atoms with Gasteiger partial charge in [-0.15, -0.1) is 0 Å². The van der Waals surface area contributed by atoms with Gasteiger partial charge in [0.1, 0.15) is 0 Å². The second-order valence-electron chi connectivity index (χ2n) is 8.29. The molecule has 3 amide bonds. The summed E-state index contributed by atoms with van der Waals surface area (Å²) < 4.78 is 0. The van der Waals surface area contributed by atoms with Crippen LogP contribution in [0.4, 0.5) is 4.79 Å². The zero-order chi connectivity index (χ0) is 19.4. The average Bonchev–Trinajstić information content (AvgIpc) is 3.08. The smallest absolute Gasteiger partial charge is 0.323 e. The lowest BCUT2D eigenvalue weighted by Gasteiger charge is -2.44. The van der Waals surface area contributed by atoms with E-state index < -0.39 is 0 Å². The van der Waals surface area contributed by atoms with E-state index in [1.807, 2.05) is 11.8 Å². The SMILES string of the molecule is CCC(=O)N1CCC(N(C(=O)NC2=NCC(C)S2)[C@H]2CC[C@H](C)CC2)CC1. The highest BCUT2D eigenvalue weighted by atomic mass is 32.2. The van der Waals surface area contributed by atoms with Gasteiger partial charge < -0.3 is 9.80 Å². The Kier molecular flexibility index (Phi) is 7.06. The molecule has 0 aromatic carbocycles. The molecular formula is C20H34N4O2S. The van der Waals surface area contributed by atoms with Gasteiger partial charge in [0, 0.05) is 36.8 Å². The van der Waals surface area contributed by atoms with Crippen LogP contribution in [-0.4, -0.2) is 63.9 Å². The van der Waals surface area contributed by atoms with Gasteiger partial charge in [0.05, 0.1) is 6.54 Å². The van der Waals surface area contributed by atoms with E-state index in [0.29, 0.717) is 17.7 Å². The number of nitrogens with zero attached hydrogens (tertiary/aromatic N) is 3. The minimum Gasteiger partial charge on any atom is -0.343 e. The van der Waals surface area contributed by atoms with Gasteiger partial charge >= 0.3 is 6.03 Å². The Morgan fingerprint density at radius 3 is 2.30 bits per heavy atom. The van der Waals surface area contributed by atoms with Gasteiger partial charge in [-0.1, -0.05) is 32.5 Å². The molecule has 7 heteroatoms. The molecule has 152 valence electrons. The number of amides is 3. The standard InChI is InChI=1S/C20H34N4O2S/c1-4-18(25)23-11-9-17(10-12-23)24(16-7-5-14(2)6-8-16)20(26)22-19-21-13-15(3)27-19/h14-17H,4-13H2,1-3H3,(H,21,22,26)/t14-,15?,16-. The molecule has 2 fully saturated rings. The minimum absolute atomic E-state index is 0.00942. The number of nitrogens with one attached hydrogen (secondary N) is 1. The van der Waals surface area contributed by atoms with Crippen LogP contribution in [0.3, 0.4) is 0 Å². The second-order valence-corrected chi connectivity index (χ2v) is 9.72. The van der Waals surface area contributed by atoms with Crippen molar-refractivity contribution in [2.75, 3.05) is 19.6 Å². The van der Waals surface area contributed by atoms with Crippen LogP contribution in [0, 0.1) is 5.92 Å². The van der Waals surface area contributed by atoms with E-state index in [0.717, 1.165) is 56.4 Å². The highest BCUT2D eigenvalue weighted by Gasteiger charge is 2.36. The van der Waals surface area contributed by atoms with Gasteiger partial charge in [-0.25, -0.2) is 4.79 Å². The van der Waals surface area contributed by atoms with Crippen LogP contribution < -0.4 is 5.32 Å².